The first-order valence-electron chi connectivity index (χ1n) is 7.19. The minimum Gasteiger partial charge on any atom is -0.744 e. The number of azo groups is 1. The Bertz CT molecular complexity index is 1260. The summed E-state index contributed by atoms with van der Waals surface area (Å²) in [5.74, 6) is -0.968. The van der Waals surface area contributed by atoms with E-state index < -0.39 is 37.1 Å². The zero-order chi connectivity index (χ0) is 20.9. The van der Waals surface area contributed by atoms with Crippen molar-refractivity contribution in [2.24, 2.45) is 10.2 Å². The molecule has 0 atom stereocenters. The van der Waals surface area contributed by atoms with E-state index in [1.165, 1.54) is 12.1 Å². The number of aromatic hydroxyl groups is 2. The number of phenolic OH excluding ortho intramolecular Hbond substituents is 2. The van der Waals surface area contributed by atoms with Crippen molar-refractivity contribution in [3.8, 4) is 11.5 Å². The summed E-state index contributed by atoms with van der Waals surface area (Å²) >= 11 is 0. The molecule has 0 radical (unpaired) electrons. The molecule has 0 fully saturated rings. The average Bonchev–Trinajstić information content (AvgIpc) is 2.60. The monoisotopic (exact) mass is 468 g/mol. The first-order valence-corrected chi connectivity index (χ1v) is 9.60. The van der Waals surface area contributed by atoms with Gasteiger partial charge in [0.05, 0.1) is 10.6 Å². The SMILES string of the molecule is O=S(=O)([O-])c1cc2c[c-]cc(O)c2c(O)c1N=Nc1ccccc1.O=S(=O)=O.[Na+].[Na+]. The van der Waals surface area contributed by atoms with Gasteiger partial charge in [-0.3, -0.25) is 0 Å². The number of nitrogens with zero attached hydrogens (tertiary/aromatic N) is 2. The van der Waals surface area contributed by atoms with Crippen LogP contribution in [0.3, 0.4) is 0 Å². The maximum absolute atomic E-state index is 11.5. The summed E-state index contributed by atoms with van der Waals surface area (Å²) in [5, 5.41) is 27.8. The predicted octanol–water partition coefficient (Wildman–Crippen LogP) is -3.63. The second kappa shape index (κ2) is 12.5. The molecule has 2 N–H and O–H groups in total. The third-order valence-corrected chi connectivity index (χ3v) is 4.13. The fraction of sp³-hybridized carbons (Fsp3) is 0. The quantitative estimate of drug-likeness (QED) is 0.171. The molecule has 0 aliphatic carbocycles. The number of benzene rings is 3. The van der Waals surface area contributed by atoms with E-state index in [0.717, 1.165) is 6.07 Å². The molecule has 0 saturated heterocycles. The van der Waals surface area contributed by atoms with Crippen molar-refractivity contribution in [2.75, 3.05) is 0 Å². The molecule has 0 heterocycles. The molecular weight excluding hydrogens is 458 g/mol. The molecule has 3 rings (SSSR count). The van der Waals surface area contributed by atoms with E-state index in [-0.39, 0.29) is 75.6 Å². The summed E-state index contributed by atoms with van der Waals surface area (Å²) in [4.78, 5) is -0.730. The first kappa shape index (κ1) is 28.6. The molecule has 10 nitrogen and oxygen atoms in total. The zero-order valence-corrected chi connectivity index (χ0v) is 21.3. The Hall–Kier alpha value is -1.35. The Morgan fingerprint density at radius 1 is 0.967 bits per heavy atom. The molecule has 0 aromatic heterocycles. The van der Waals surface area contributed by atoms with Crippen molar-refractivity contribution in [3.05, 3.63) is 54.6 Å². The third-order valence-electron chi connectivity index (χ3n) is 3.28. The van der Waals surface area contributed by atoms with Crippen LogP contribution < -0.4 is 59.1 Å². The van der Waals surface area contributed by atoms with Crippen LogP contribution in [0.25, 0.3) is 10.8 Å². The number of phenols is 2. The Morgan fingerprint density at radius 3 is 2.07 bits per heavy atom. The maximum atomic E-state index is 11.5. The zero-order valence-electron chi connectivity index (χ0n) is 15.7. The number of hydrogen-bond acceptors (Lipinski definition) is 10. The van der Waals surface area contributed by atoms with Gasteiger partial charge in [0.25, 0.3) is 0 Å². The van der Waals surface area contributed by atoms with E-state index >= 15 is 0 Å². The van der Waals surface area contributed by atoms with Crippen LogP contribution in [0.5, 0.6) is 11.5 Å². The fourth-order valence-electron chi connectivity index (χ4n) is 2.21. The molecule has 0 aliphatic rings. The summed E-state index contributed by atoms with van der Waals surface area (Å²) in [6.07, 6.45) is 0. The Balaban J connectivity index is 0.00000129. The van der Waals surface area contributed by atoms with Gasteiger partial charge < -0.3 is 14.8 Å². The smallest absolute Gasteiger partial charge is 0.744 e. The minimum atomic E-state index is -4.92. The Labute approximate surface area is 217 Å². The van der Waals surface area contributed by atoms with E-state index in [0.29, 0.717) is 5.69 Å². The van der Waals surface area contributed by atoms with Crippen molar-refractivity contribution in [2.45, 2.75) is 4.90 Å². The summed E-state index contributed by atoms with van der Waals surface area (Å²) in [6, 6.07) is 14.5. The molecule has 0 unspecified atom stereocenters. The molecule has 0 spiro atoms. The van der Waals surface area contributed by atoms with Crippen LogP contribution in [-0.4, -0.2) is 35.8 Å². The van der Waals surface area contributed by atoms with Gasteiger partial charge in [-0.25, -0.2) is 8.42 Å². The molecule has 0 aliphatic heterocycles. The van der Waals surface area contributed by atoms with Gasteiger partial charge in [0.15, 0.2) is 0 Å². The van der Waals surface area contributed by atoms with Crippen LogP contribution in [-0.2, 0) is 20.7 Å². The van der Waals surface area contributed by atoms with Gasteiger partial charge >= 0.3 is 69.7 Å². The maximum Gasteiger partial charge on any atom is 1.00 e. The van der Waals surface area contributed by atoms with Gasteiger partial charge in [-0.15, -0.1) is 29.2 Å². The van der Waals surface area contributed by atoms with Gasteiger partial charge in [-0.2, -0.15) is 17.2 Å². The van der Waals surface area contributed by atoms with E-state index in [9.17, 15) is 23.2 Å². The molecule has 0 amide bonds. The van der Waals surface area contributed by atoms with E-state index in [1.54, 1.807) is 30.3 Å². The largest absolute Gasteiger partial charge is 1.00 e. The van der Waals surface area contributed by atoms with E-state index in [1.807, 2.05) is 0 Å². The topological polar surface area (TPSA) is 174 Å². The van der Waals surface area contributed by atoms with Crippen molar-refractivity contribution in [1.29, 1.82) is 0 Å². The van der Waals surface area contributed by atoms with Crippen LogP contribution in [0.1, 0.15) is 0 Å². The van der Waals surface area contributed by atoms with Gasteiger partial charge in [-0.05, 0) is 17.5 Å². The molecule has 14 heteroatoms. The Kier molecular flexibility index (Phi) is 11.9. The van der Waals surface area contributed by atoms with Crippen LogP contribution in [0.2, 0.25) is 0 Å². The second-order valence-corrected chi connectivity index (χ2v) is 6.83. The molecule has 30 heavy (non-hydrogen) atoms. The van der Waals surface area contributed by atoms with Gasteiger partial charge in [0.1, 0.15) is 21.6 Å². The second-order valence-electron chi connectivity index (χ2n) is 5.07. The normalized spacial score (nSPS) is 10.4. The van der Waals surface area contributed by atoms with Crippen molar-refractivity contribution in [3.63, 3.8) is 0 Å². The number of hydrogen-bond donors (Lipinski definition) is 2. The van der Waals surface area contributed by atoms with Crippen molar-refractivity contribution in [1.82, 2.24) is 0 Å². The van der Waals surface area contributed by atoms with Gasteiger partial charge in [0, 0.05) is 5.75 Å². The summed E-state index contributed by atoms with van der Waals surface area (Å²) in [6.45, 7) is 0. The van der Waals surface area contributed by atoms with E-state index in [4.69, 9.17) is 12.6 Å². The fourth-order valence-corrected chi connectivity index (χ4v) is 2.85. The average molecular weight is 468 g/mol. The van der Waals surface area contributed by atoms with Crippen molar-refractivity contribution >= 4 is 42.9 Å². The summed E-state index contributed by atoms with van der Waals surface area (Å²) in [7, 11) is -8.04. The third kappa shape index (κ3) is 7.72. The molecular formula is C16H10N2Na2O8S2. The van der Waals surface area contributed by atoms with Gasteiger partial charge in [-0.1, -0.05) is 24.3 Å². The Morgan fingerprint density at radius 2 is 1.53 bits per heavy atom. The first-order chi connectivity index (χ1) is 13.1. The van der Waals surface area contributed by atoms with Crippen LogP contribution in [0, 0.1) is 6.07 Å². The van der Waals surface area contributed by atoms with Crippen LogP contribution >= 0.6 is 0 Å². The van der Waals surface area contributed by atoms with Crippen molar-refractivity contribution < 1.29 is 94.9 Å². The van der Waals surface area contributed by atoms with Crippen LogP contribution in [0.15, 0.2) is 63.7 Å². The minimum absolute atomic E-state index is 0. The molecule has 3 aromatic carbocycles. The summed E-state index contributed by atoms with van der Waals surface area (Å²) < 4.78 is 59.8. The molecule has 0 bridgehead atoms. The molecule has 0 saturated carbocycles. The molecule has 146 valence electrons. The standard InChI is InChI=1S/C16H11N2O5S.2Na.O3S/c19-12-8-4-5-10-9-13(24(21,22)23)15(16(20)14(10)12)18-17-11-6-2-1-3-7-11;;;1-4(2)3/h1-3,5-9,19-20H,(H,21,22,23);;;/q-1;2*+1;/p-1. The summed E-state index contributed by atoms with van der Waals surface area (Å²) in [5.41, 5.74) is -0.125. The number of fused-ring (bicyclic) bond motifs is 1. The van der Waals surface area contributed by atoms with Gasteiger partial charge in [0.2, 0.25) is 0 Å². The van der Waals surface area contributed by atoms with E-state index in [2.05, 4.69) is 16.3 Å². The predicted molar refractivity (Wildman–Crippen MR) is 94.4 cm³/mol. The van der Waals surface area contributed by atoms with Crippen LogP contribution in [0.4, 0.5) is 11.4 Å². The molecule has 3 aromatic rings. The number of rotatable bonds is 3.